The van der Waals surface area contributed by atoms with Gasteiger partial charge >= 0.3 is 5.97 Å². The molecule has 0 bridgehead atoms. The van der Waals surface area contributed by atoms with E-state index in [0.717, 1.165) is 5.56 Å². The maximum Gasteiger partial charge on any atom is 0.343 e. The number of carbonyl (C=O) groups is 1. The van der Waals surface area contributed by atoms with Crippen molar-refractivity contribution in [2.24, 2.45) is 0 Å². The Hall–Kier alpha value is -3.57. The third kappa shape index (κ3) is 3.86. The van der Waals surface area contributed by atoms with Gasteiger partial charge in [0.1, 0.15) is 23.3 Å². The second-order valence-electron chi connectivity index (χ2n) is 6.26. The third-order valence-corrected chi connectivity index (χ3v) is 4.65. The first-order valence-electron chi connectivity index (χ1n) is 8.73. The monoisotopic (exact) mass is 406 g/mol. The zero-order valence-corrected chi connectivity index (χ0v) is 16.1. The first kappa shape index (κ1) is 18.8. The highest BCUT2D eigenvalue weighted by Gasteiger charge is 2.13. The van der Waals surface area contributed by atoms with Gasteiger partial charge in [0, 0.05) is 11.1 Å². The standard InChI is InChI=1S/C23H15ClO5/c1-27-17-7-5-14(6-8-17)20-13-28-21-12-18(9-10-19(21)22(20)25)29-23(26)15-3-2-4-16(24)11-15/h2-13H,1H3. The summed E-state index contributed by atoms with van der Waals surface area (Å²) in [5.41, 5.74) is 1.63. The summed E-state index contributed by atoms with van der Waals surface area (Å²) in [4.78, 5) is 25.1. The number of hydrogen-bond donors (Lipinski definition) is 0. The average molecular weight is 407 g/mol. The summed E-state index contributed by atoms with van der Waals surface area (Å²) < 4.78 is 16.1. The van der Waals surface area contributed by atoms with Crippen LogP contribution in [0.5, 0.6) is 11.5 Å². The minimum absolute atomic E-state index is 0.177. The van der Waals surface area contributed by atoms with Crippen LogP contribution in [0.2, 0.25) is 5.02 Å². The van der Waals surface area contributed by atoms with Gasteiger partial charge in [-0.1, -0.05) is 29.8 Å². The molecule has 0 unspecified atom stereocenters. The van der Waals surface area contributed by atoms with E-state index in [1.807, 2.05) is 0 Å². The number of methoxy groups -OCH3 is 1. The van der Waals surface area contributed by atoms with Crippen LogP contribution in [-0.4, -0.2) is 13.1 Å². The molecular weight excluding hydrogens is 392 g/mol. The number of hydrogen-bond acceptors (Lipinski definition) is 5. The van der Waals surface area contributed by atoms with Crippen molar-refractivity contribution >= 4 is 28.5 Å². The van der Waals surface area contributed by atoms with E-state index in [0.29, 0.717) is 32.9 Å². The first-order chi connectivity index (χ1) is 14.0. The van der Waals surface area contributed by atoms with E-state index in [2.05, 4.69) is 0 Å². The lowest BCUT2D eigenvalue weighted by Crippen LogP contribution is -2.09. The van der Waals surface area contributed by atoms with Crippen molar-refractivity contribution in [2.45, 2.75) is 0 Å². The number of fused-ring (bicyclic) bond motifs is 1. The zero-order chi connectivity index (χ0) is 20.4. The molecule has 29 heavy (non-hydrogen) atoms. The highest BCUT2D eigenvalue weighted by atomic mass is 35.5. The SMILES string of the molecule is COc1ccc(-c2coc3cc(OC(=O)c4cccc(Cl)c4)ccc3c2=O)cc1. The largest absolute Gasteiger partial charge is 0.497 e. The molecule has 0 spiro atoms. The number of ether oxygens (including phenoxy) is 2. The van der Waals surface area contributed by atoms with E-state index in [-0.39, 0.29) is 11.2 Å². The first-order valence-corrected chi connectivity index (χ1v) is 9.11. The van der Waals surface area contributed by atoms with Gasteiger partial charge in [0.2, 0.25) is 0 Å². The number of benzene rings is 3. The Morgan fingerprint density at radius 1 is 0.966 bits per heavy atom. The molecule has 6 heteroatoms. The topological polar surface area (TPSA) is 65.7 Å². The molecule has 0 radical (unpaired) electrons. The zero-order valence-electron chi connectivity index (χ0n) is 15.3. The van der Waals surface area contributed by atoms with Crippen molar-refractivity contribution in [3.05, 3.63) is 93.8 Å². The van der Waals surface area contributed by atoms with Gasteiger partial charge in [-0.15, -0.1) is 0 Å². The quantitative estimate of drug-likeness (QED) is 0.338. The summed E-state index contributed by atoms with van der Waals surface area (Å²) in [6.07, 6.45) is 1.40. The van der Waals surface area contributed by atoms with E-state index in [4.69, 9.17) is 25.5 Å². The molecule has 1 heterocycles. The molecule has 0 aliphatic carbocycles. The molecule has 144 valence electrons. The number of rotatable bonds is 4. The Labute approximate surface area is 171 Å². The number of halogens is 1. The van der Waals surface area contributed by atoms with Crippen LogP contribution >= 0.6 is 11.6 Å². The van der Waals surface area contributed by atoms with Crippen molar-refractivity contribution in [3.8, 4) is 22.6 Å². The number of esters is 1. The van der Waals surface area contributed by atoms with Crippen molar-refractivity contribution in [3.63, 3.8) is 0 Å². The average Bonchev–Trinajstić information content (AvgIpc) is 2.74. The summed E-state index contributed by atoms with van der Waals surface area (Å²) in [5, 5.41) is 0.830. The molecule has 4 rings (SSSR count). The van der Waals surface area contributed by atoms with E-state index < -0.39 is 5.97 Å². The molecule has 0 saturated carbocycles. The van der Waals surface area contributed by atoms with Crippen molar-refractivity contribution in [1.29, 1.82) is 0 Å². The van der Waals surface area contributed by atoms with Crippen LogP contribution in [0, 0.1) is 0 Å². The molecule has 0 amide bonds. The highest BCUT2D eigenvalue weighted by molar-refractivity contribution is 6.30. The third-order valence-electron chi connectivity index (χ3n) is 4.42. The van der Waals surface area contributed by atoms with Crippen LogP contribution in [0.3, 0.4) is 0 Å². The van der Waals surface area contributed by atoms with Crippen LogP contribution < -0.4 is 14.9 Å². The van der Waals surface area contributed by atoms with E-state index in [1.165, 1.54) is 18.4 Å². The van der Waals surface area contributed by atoms with Gasteiger partial charge in [0.25, 0.3) is 0 Å². The lowest BCUT2D eigenvalue weighted by atomic mass is 10.1. The molecule has 0 aliphatic heterocycles. The molecule has 0 N–H and O–H groups in total. The molecule has 0 saturated heterocycles. The highest BCUT2D eigenvalue weighted by Crippen LogP contribution is 2.25. The Balaban J connectivity index is 1.65. The van der Waals surface area contributed by atoms with Crippen LogP contribution in [0.25, 0.3) is 22.1 Å². The van der Waals surface area contributed by atoms with E-state index in [9.17, 15) is 9.59 Å². The van der Waals surface area contributed by atoms with Gasteiger partial charge in [-0.2, -0.15) is 0 Å². The lowest BCUT2D eigenvalue weighted by Gasteiger charge is -2.07. The van der Waals surface area contributed by atoms with Crippen LogP contribution in [0.1, 0.15) is 10.4 Å². The molecule has 0 atom stereocenters. The molecule has 3 aromatic carbocycles. The molecular formula is C23H15ClO5. The molecule has 0 fully saturated rings. The summed E-state index contributed by atoms with van der Waals surface area (Å²) in [7, 11) is 1.58. The van der Waals surface area contributed by atoms with Crippen LogP contribution in [0.4, 0.5) is 0 Å². The van der Waals surface area contributed by atoms with Gasteiger partial charge in [0.15, 0.2) is 5.43 Å². The fourth-order valence-electron chi connectivity index (χ4n) is 2.92. The van der Waals surface area contributed by atoms with E-state index >= 15 is 0 Å². The number of carbonyl (C=O) groups excluding carboxylic acids is 1. The van der Waals surface area contributed by atoms with Gasteiger partial charge in [0.05, 0.1) is 23.6 Å². The Morgan fingerprint density at radius 2 is 1.72 bits per heavy atom. The minimum Gasteiger partial charge on any atom is -0.497 e. The van der Waals surface area contributed by atoms with Crippen molar-refractivity contribution in [2.75, 3.05) is 7.11 Å². The predicted molar refractivity (Wildman–Crippen MR) is 111 cm³/mol. The fourth-order valence-corrected chi connectivity index (χ4v) is 3.11. The molecule has 0 aliphatic rings. The Morgan fingerprint density at radius 3 is 2.45 bits per heavy atom. The maximum absolute atomic E-state index is 12.9. The molecule has 4 aromatic rings. The van der Waals surface area contributed by atoms with Crippen molar-refractivity contribution in [1.82, 2.24) is 0 Å². The second-order valence-corrected chi connectivity index (χ2v) is 6.70. The van der Waals surface area contributed by atoms with Gasteiger partial charge in [-0.25, -0.2) is 4.79 Å². The summed E-state index contributed by atoms with van der Waals surface area (Å²) in [5.74, 6) is 0.414. The second kappa shape index (κ2) is 7.81. The molecule has 5 nitrogen and oxygen atoms in total. The van der Waals surface area contributed by atoms with Gasteiger partial charge in [-0.3, -0.25) is 4.79 Å². The smallest absolute Gasteiger partial charge is 0.343 e. The minimum atomic E-state index is -0.552. The van der Waals surface area contributed by atoms with Gasteiger partial charge < -0.3 is 13.9 Å². The normalized spacial score (nSPS) is 10.7. The summed E-state index contributed by atoms with van der Waals surface area (Å²) in [6, 6.07) is 18.2. The summed E-state index contributed by atoms with van der Waals surface area (Å²) in [6.45, 7) is 0. The Bertz CT molecular complexity index is 1260. The fraction of sp³-hybridized carbons (Fsp3) is 0.0435. The van der Waals surface area contributed by atoms with Crippen molar-refractivity contribution < 1.29 is 18.7 Å². The lowest BCUT2D eigenvalue weighted by molar-refractivity contribution is 0.0735. The summed E-state index contributed by atoms with van der Waals surface area (Å²) >= 11 is 5.91. The van der Waals surface area contributed by atoms with E-state index in [1.54, 1.807) is 61.7 Å². The maximum atomic E-state index is 12.9. The molecule has 1 aromatic heterocycles. The predicted octanol–water partition coefficient (Wildman–Crippen LogP) is 5.34. The van der Waals surface area contributed by atoms with Crippen LogP contribution in [-0.2, 0) is 0 Å². The van der Waals surface area contributed by atoms with Crippen LogP contribution in [0.15, 0.2) is 82.2 Å². The van der Waals surface area contributed by atoms with Gasteiger partial charge in [-0.05, 0) is 48.0 Å². The Kier molecular flexibility index (Phi) is 5.06.